The van der Waals surface area contributed by atoms with Crippen LogP contribution in [-0.2, 0) is 11.3 Å². The first-order valence-corrected chi connectivity index (χ1v) is 8.21. The Hall–Kier alpha value is -0.880. The summed E-state index contributed by atoms with van der Waals surface area (Å²) in [6.07, 6.45) is 0. The molecule has 2 aromatic carbocycles. The van der Waals surface area contributed by atoms with Crippen molar-refractivity contribution in [3.05, 3.63) is 58.3 Å². The summed E-state index contributed by atoms with van der Waals surface area (Å²) in [6, 6.07) is 12.8. The van der Waals surface area contributed by atoms with Crippen LogP contribution in [0.15, 0.2) is 56.7 Å². The molecule has 0 saturated heterocycles. The number of nitrogens with one attached hydrogen (secondary N) is 1. The Balaban J connectivity index is 2.09. The SMILES string of the molecule is COCCNCc1ccc(Br)cc1Sc1ccc(F)cc1. The maximum absolute atomic E-state index is 13.0. The first-order chi connectivity index (χ1) is 10.2. The average Bonchev–Trinajstić information content (AvgIpc) is 2.48. The van der Waals surface area contributed by atoms with Gasteiger partial charge in [-0.1, -0.05) is 33.8 Å². The molecule has 112 valence electrons. The lowest BCUT2D eigenvalue weighted by atomic mass is 10.2. The van der Waals surface area contributed by atoms with Crippen molar-refractivity contribution < 1.29 is 9.13 Å². The number of benzene rings is 2. The summed E-state index contributed by atoms with van der Waals surface area (Å²) < 4.78 is 19.0. The number of rotatable bonds is 7. The Bertz CT molecular complexity index is 577. The summed E-state index contributed by atoms with van der Waals surface area (Å²) in [4.78, 5) is 2.17. The molecule has 0 saturated carbocycles. The van der Waals surface area contributed by atoms with Gasteiger partial charge >= 0.3 is 0 Å². The van der Waals surface area contributed by atoms with Gasteiger partial charge in [-0.3, -0.25) is 0 Å². The van der Waals surface area contributed by atoms with Gasteiger partial charge < -0.3 is 10.1 Å². The molecule has 0 aromatic heterocycles. The Kier molecular flexibility index (Phi) is 6.70. The molecule has 1 N–H and O–H groups in total. The predicted molar refractivity (Wildman–Crippen MR) is 88.2 cm³/mol. The Labute approximate surface area is 137 Å². The van der Waals surface area contributed by atoms with E-state index in [1.807, 2.05) is 6.07 Å². The lowest BCUT2D eigenvalue weighted by molar-refractivity contribution is 0.199. The first kappa shape index (κ1) is 16.5. The van der Waals surface area contributed by atoms with Crippen LogP contribution in [0.3, 0.4) is 0 Å². The molecule has 21 heavy (non-hydrogen) atoms. The van der Waals surface area contributed by atoms with Gasteiger partial charge in [0, 0.05) is 34.5 Å². The third kappa shape index (κ3) is 5.43. The van der Waals surface area contributed by atoms with E-state index >= 15 is 0 Å². The quantitative estimate of drug-likeness (QED) is 0.727. The summed E-state index contributed by atoms with van der Waals surface area (Å²) in [5.41, 5.74) is 1.21. The van der Waals surface area contributed by atoms with E-state index in [4.69, 9.17) is 4.74 Å². The predicted octanol–water partition coefficient (Wildman–Crippen LogP) is 4.48. The van der Waals surface area contributed by atoms with Crippen molar-refractivity contribution >= 4 is 27.7 Å². The molecule has 2 rings (SSSR count). The number of ether oxygens (including phenoxy) is 1. The Morgan fingerprint density at radius 3 is 2.67 bits per heavy atom. The standard InChI is InChI=1S/C16H17BrFNOS/c1-20-9-8-19-11-12-2-3-13(17)10-16(12)21-15-6-4-14(18)5-7-15/h2-7,10,19H,8-9,11H2,1H3. The first-order valence-electron chi connectivity index (χ1n) is 6.60. The smallest absolute Gasteiger partial charge is 0.123 e. The van der Waals surface area contributed by atoms with E-state index in [1.54, 1.807) is 31.0 Å². The van der Waals surface area contributed by atoms with Gasteiger partial charge in [0.25, 0.3) is 0 Å². The molecule has 0 heterocycles. The highest BCUT2D eigenvalue weighted by molar-refractivity contribution is 9.10. The maximum atomic E-state index is 13.0. The summed E-state index contributed by atoms with van der Waals surface area (Å²) in [5, 5.41) is 3.34. The summed E-state index contributed by atoms with van der Waals surface area (Å²) >= 11 is 5.13. The van der Waals surface area contributed by atoms with E-state index in [-0.39, 0.29) is 5.82 Å². The minimum Gasteiger partial charge on any atom is -0.383 e. The molecule has 0 radical (unpaired) electrons. The van der Waals surface area contributed by atoms with Gasteiger partial charge in [0.2, 0.25) is 0 Å². The van der Waals surface area contributed by atoms with Crippen LogP contribution in [0.5, 0.6) is 0 Å². The highest BCUT2D eigenvalue weighted by Gasteiger charge is 2.06. The van der Waals surface area contributed by atoms with E-state index in [9.17, 15) is 4.39 Å². The van der Waals surface area contributed by atoms with Gasteiger partial charge in [0.05, 0.1) is 6.61 Å². The topological polar surface area (TPSA) is 21.3 Å². The van der Waals surface area contributed by atoms with E-state index in [1.165, 1.54) is 17.7 Å². The number of hydrogen-bond donors (Lipinski definition) is 1. The van der Waals surface area contributed by atoms with Gasteiger partial charge in [-0.05, 0) is 42.0 Å². The number of halogens is 2. The molecule has 0 aliphatic rings. The van der Waals surface area contributed by atoms with E-state index in [0.717, 1.165) is 27.4 Å². The third-order valence-corrected chi connectivity index (χ3v) is 4.47. The number of hydrogen-bond acceptors (Lipinski definition) is 3. The summed E-state index contributed by atoms with van der Waals surface area (Å²) in [5.74, 6) is -0.213. The zero-order valence-electron chi connectivity index (χ0n) is 11.7. The largest absolute Gasteiger partial charge is 0.383 e. The monoisotopic (exact) mass is 369 g/mol. The van der Waals surface area contributed by atoms with Crippen LogP contribution in [0.1, 0.15) is 5.56 Å². The van der Waals surface area contributed by atoms with Gasteiger partial charge in [0.1, 0.15) is 5.82 Å². The van der Waals surface area contributed by atoms with Crippen molar-refractivity contribution in [2.75, 3.05) is 20.3 Å². The second-order valence-electron chi connectivity index (χ2n) is 4.48. The highest BCUT2D eigenvalue weighted by atomic mass is 79.9. The van der Waals surface area contributed by atoms with Gasteiger partial charge in [-0.15, -0.1) is 0 Å². The molecule has 0 amide bonds. The minimum absolute atomic E-state index is 0.213. The van der Waals surface area contributed by atoms with Crippen molar-refractivity contribution in [3.63, 3.8) is 0 Å². The van der Waals surface area contributed by atoms with Crippen LogP contribution in [0.4, 0.5) is 4.39 Å². The summed E-state index contributed by atoms with van der Waals surface area (Å²) in [7, 11) is 1.69. The lowest BCUT2D eigenvalue weighted by Gasteiger charge is -2.11. The molecule has 0 aliphatic heterocycles. The van der Waals surface area contributed by atoms with E-state index < -0.39 is 0 Å². The van der Waals surface area contributed by atoms with Crippen molar-refractivity contribution in [3.8, 4) is 0 Å². The zero-order chi connectivity index (χ0) is 15.1. The second kappa shape index (κ2) is 8.54. The lowest BCUT2D eigenvalue weighted by Crippen LogP contribution is -2.18. The van der Waals surface area contributed by atoms with E-state index in [0.29, 0.717) is 6.61 Å². The van der Waals surface area contributed by atoms with Crippen molar-refractivity contribution in [1.29, 1.82) is 0 Å². The molecular formula is C16H17BrFNOS. The van der Waals surface area contributed by atoms with Crippen molar-refractivity contribution in [1.82, 2.24) is 5.32 Å². The molecule has 0 spiro atoms. The highest BCUT2D eigenvalue weighted by Crippen LogP contribution is 2.32. The van der Waals surface area contributed by atoms with Crippen LogP contribution >= 0.6 is 27.7 Å². The fourth-order valence-corrected chi connectivity index (χ4v) is 3.29. The Morgan fingerprint density at radius 2 is 1.95 bits per heavy atom. The Morgan fingerprint density at radius 1 is 1.19 bits per heavy atom. The van der Waals surface area contributed by atoms with Gasteiger partial charge in [-0.25, -0.2) is 4.39 Å². The molecule has 2 aromatic rings. The molecule has 0 unspecified atom stereocenters. The van der Waals surface area contributed by atoms with E-state index in [2.05, 4.69) is 33.4 Å². The molecule has 0 fully saturated rings. The molecule has 0 aliphatic carbocycles. The molecule has 2 nitrogen and oxygen atoms in total. The molecular weight excluding hydrogens is 353 g/mol. The molecule has 0 atom stereocenters. The zero-order valence-corrected chi connectivity index (χ0v) is 14.1. The average molecular weight is 370 g/mol. The fraction of sp³-hybridized carbons (Fsp3) is 0.250. The maximum Gasteiger partial charge on any atom is 0.123 e. The van der Waals surface area contributed by atoms with Crippen LogP contribution in [0, 0.1) is 5.82 Å². The van der Waals surface area contributed by atoms with Gasteiger partial charge in [-0.2, -0.15) is 0 Å². The second-order valence-corrected chi connectivity index (χ2v) is 6.51. The van der Waals surface area contributed by atoms with Crippen LogP contribution in [0.25, 0.3) is 0 Å². The van der Waals surface area contributed by atoms with Crippen molar-refractivity contribution in [2.45, 2.75) is 16.3 Å². The van der Waals surface area contributed by atoms with Gasteiger partial charge in [0.15, 0.2) is 0 Å². The molecule has 5 heteroatoms. The summed E-state index contributed by atoms with van der Waals surface area (Å²) in [6.45, 7) is 2.28. The fourth-order valence-electron chi connectivity index (χ4n) is 1.80. The van der Waals surface area contributed by atoms with Crippen molar-refractivity contribution in [2.24, 2.45) is 0 Å². The molecule has 0 bridgehead atoms. The normalized spacial score (nSPS) is 10.8. The van der Waals surface area contributed by atoms with Crippen LogP contribution in [0.2, 0.25) is 0 Å². The van der Waals surface area contributed by atoms with Crippen LogP contribution in [-0.4, -0.2) is 20.3 Å². The third-order valence-electron chi connectivity index (χ3n) is 2.87. The minimum atomic E-state index is -0.213. The van der Waals surface area contributed by atoms with Crippen LogP contribution < -0.4 is 5.32 Å². The number of methoxy groups -OCH3 is 1.